The molecule has 0 unspecified atom stereocenters. The molecule has 1 aliphatic rings. The van der Waals surface area contributed by atoms with Gasteiger partial charge >= 0.3 is 0 Å². The van der Waals surface area contributed by atoms with Crippen LogP contribution in [0.25, 0.3) is 22.3 Å². The van der Waals surface area contributed by atoms with Crippen LogP contribution in [0, 0.1) is 12.7 Å². The summed E-state index contributed by atoms with van der Waals surface area (Å²) in [5.74, 6) is -0.939. The van der Waals surface area contributed by atoms with Crippen molar-refractivity contribution in [1.29, 1.82) is 0 Å². The number of hydrogen-bond acceptors (Lipinski definition) is 5. The fraction of sp³-hybridized carbons (Fsp3) is 0.240. The molecule has 8 heteroatoms. The topological polar surface area (TPSA) is 94.1 Å². The van der Waals surface area contributed by atoms with Crippen LogP contribution in [0.5, 0.6) is 5.75 Å². The number of nitrogens with zero attached hydrogens (tertiary/aromatic N) is 3. The van der Waals surface area contributed by atoms with Crippen molar-refractivity contribution < 1.29 is 14.3 Å². The van der Waals surface area contributed by atoms with E-state index in [1.807, 2.05) is 49.1 Å². The van der Waals surface area contributed by atoms with Gasteiger partial charge < -0.3 is 15.3 Å². The number of pyridine rings is 1. The average Bonchev–Trinajstić information content (AvgIpc) is 3.19. The highest BCUT2D eigenvalue weighted by Gasteiger charge is 2.32. The fourth-order valence-electron chi connectivity index (χ4n) is 4.41. The maximum absolute atomic E-state index is 14.6. The molecule has 168 valence electrons. The van der Waals surface area contributed by atoms with Crippen molar-refractivity contribution in [2.75, 3.05) is 13.1 Å². The van der Waals surface area contributed by atoms with E-state index in [1.165, 1.54) is 12.1 Å². The molecule has 1 saturated heterocycles. The van der Waals surface area contributed by atoms with Gasteiger partial charge in [0.1, 0.15) is 11.6 Å². The lowest BCUT2D eigenvalue weighted by atomic mass is 9.99. The van der Waals surface area contributed by atoms with Crippen molar-refractivity contribution in [2.45, 2.75) is 25.9 Å². The first kappa shape index (κ1) is 21.1. The molecule has 2 atom stereocenters. The monoisotopic (exact) mass is 445 g/mol. The molecule has 1 aliphatic heterocycles. The normalized spacial score (nSPS) is 18.6. The van der Waals surface area contributed by atoms with Crippen molar-refractivity contribution >= 4 is 16.9 Å². The van der Waals surface area contributed by atoms with Crippen molar-refractivity contribution in [3.8, 4) is 17.0 Å². The minimum atomic E-state index is -0.615. The molecule has 2 aromatic heterocycles. The molecule has 1 amide bonds. The molecule has 2 aromatic carbocycles. The first-order valence-corrected chi connectivity index (χ1v) is 10.9. The number of phenolic OH excluding ortho intramolecular Hbond substituents is 1. The molecular formula is C25H24FN5O2. The standard InChI is InChI=1S/C25H24FN5O2/c1-14-12-27-22(16-6-4-3-5-7-16)13-31(14)25(33)19-11-21(18-9-8-17(32)10-20(18)26)28-24-23(19)15(2)29-30-24/h3-11,14,22,27,32H,12-13H2,1-2H3,(H,28,29,30)/t14-,22-/m1/s1. The van der Waals surface area contributed by atoms with Gasteiger partial charge in [-0.05, 0) is 37.6 Å². The molecule has 0 bridgehead atoms. The molecule has 33 heavy (non-hydrogen) atoms. The number of phenols is 1. The van der Waals surface area contributed by atoms with Crippen molar-refractivity contribution in [2.24, 2.45) is 0 Å². The smallest absolute Gasteiger partial charge is 0.255 e. The Kier molecular flexibility index (Phi) is 5.30. The number of fused-ring (bicyclic) bond motifs is 1. The number of aromatic hydroxyl groups is 1. The molecule has 1 fully saturated rings. The van der Waals surface area contributed by atoms with E-state index < -0.39 is 5.82 Å². The minimum absolute atomic E-state index is 0.0168. The van der Waals surface area contributed by atoms with Crippen LogP contribution in [0.15, 0.2) is 54.6 Å². The van der Waals surface area contributed by atoms with E-state index in [2.05, 4.69) is 20.5 Å². The molecule has 3 heterocycles. The number of H-pyrrole nitrogens is 1. The van der Waals surface area contributed by atoms with Crippen LogP contribution in [-0.2, 0) is 0 Å². The SMILES string of the molecule is Cc1n[nH]c2nc(-c3ccc(O)cc3F)cc(C(=O)N3C[C@H](c4ccccc4)NC[C@H]3C)c12. The second kappa shape index (κ2) is 8.29. The van der Waals surface area contributed by atoms with Gasteiger partial charge in [-0.15, -0.1) is 0 Å². The summed E-state index contributed by atoms with van der Waals surface area (Å²) in [6.45, 7) is 4.98. The van der Waals surface area contributed by atoms with Crippen LogP contribution in [0.2, 0.25) is 0 Å². The Balaban J connectivity index is 1.58. The molecule has 0 radical (unpaired) electrons. The van der Waals surface area contributed by atoms with Crippen LogP contribution < -0.4 is 5.32 Å². The number of piperazine rings is 1. The fourth-order valence-corrected chi connectivity index (χ4v) is 4.41. The number of aromatic amines is 1. The second-order valence-corrected chi connectivity index (χ2v) is 8.43. The zero-order valence-electron chi connectivity index (χ0n) is 18.3. The number of carbonyl (C=O) groups is 1. The Labute approximate surface area is 190 Å². The van der Waals surface area contributed by atoms with E-state index in [4.69, 9.17) is 0 Å². The molecule has 3 N–H and O–H groups in total. The number of carbonyl (C=O) groups excluding carboxylic acids is 1. The van der Waals surface area contributed by atoms with Gasteiger partial charge in [-0.2, -0.15) is 5.10 Å². The van der Waals surface area contributed by atoms with Gasteiger partial charge in [0.05, 0.1) is 22.3 Å². The van der Waals surface area contributed by atoms with Crippen LogP contribution in [-0.4, -0.2) is 50.2 Å². The van der Waals surface area contributed by atoms with Gasteiger partial charge in [-0.3, -0.25) is 9.89 Å². The van der Waals surface area contributed by atoms with E-state index in [-0.39, 0.29) is 29.3 Å². The van der Waals surface area contributed by atoms with Gasteiger partial charge in [0.2, 0.25) is 0 Å². The van der Waals surface area contributed by atoms with Gasteiger partial charge in [-0.1, -0.05) is 30.3 Å². The molecule has 7 nitrogen and oxygen atoms in total. The summed E-state index contributed by atoms with van der Waals surface area (Å²) < 4.78 is 14.6. The molecule has 0 saturated carbocycles. The Hall–Kier alpha value is -3.78. The summed E-state index contributed by atoms with van der Waals surface area (Å²) in [6, 6.07) is 15.5. The number of rotatable bonds is 3. The van der Waals surface area contributed by atoms with Gasteiger partial charge in [0.25, 0.3) is 5.91 Å². The lowest BCUT2D eigenvalue weighted by Crippen LogP contribution is -2.53. The Bertz CT molecular complexity index is 1340. The Morgan fingerprint density at radius 3 is 2.73 bits per heavy atom. The van der Waals surface area contributed by atoms with Gasteiger partial charge in [-0.25, -0.2) is 9.37 Å². The Morgan fingerprint density at radius 2 is 1.97 bits per heavy atom. The quantitative estimate of drug-likeness (QED) is 0.444. The summed E-state index contributed by atoms with van der Waals surface area (Å²) in [5, 5.41) is 20.8. The van der Waals surface area contributed by atoms with Crippen molar-refractivity contribution in [3.63, 3.8) is 0 Å². The summed E-state index contributed by atoms with van der Waals surface area (Å²) >= 11 is 0. The predicted octanol–water partition coefficient (Wildman–Crippen LogP) is 3.95. The third kappa shape index (κ3) is 3.82. The van der Waals surface area contributed by atoms with Crippen LogP contribution >= 0.6 is 0 Å². The first-order chi connectivity index (χ1) is 15.9. The maximum Gasteiger partial charge on any atom is 0.255 e. The maximum atomic E-state index is 14.6. The van der Waals surface area contributed by atoms with Crippen LogP contribution in [0.1, 0.15) is 34.6 Å². The highest BCUT2D eigenvalue weighted by atomic mass is 19.1. The first-order valence-electron chi connectivity index (χ1n) is 10.9. The highest BCUT2D eigenvalue weighted by Crippen LogP contribution is 2.31. The number of benzene rings is 2. The van der Waals surface area contributed by atoms with Crippen LogP contribution in [0.4, 0.5) is 4.39 Å². The van der Waals surface area contributed by atoms with E-state index in [9.17, 15) is 14.3 Å². The zero-order chi connectivity index (χ0) is 23.1. The number of aryl methyl sites for hydroxylation is 1. The Morgan fingerprint density at radius 1 is 1.18 bits per heavy atom. The van der Waals surface area contributed by atoms with Crippen molar-refractivity contribution in [3.05, 3.63) is 77.2 Å². The van der Waals surface area contributed by atoms with E-state index >= 15 is 0 Å². The summed E-state index contributed by atoms with van der Waals surface area (Å²) in [6.07, 6.45) is 0. The van der Waals surface area contributed by atoms with Crippen LogP contribution in [0.3, 0.4) is 0 Å². The lowest BCUT2D eigenvalue weighted by molar-refractivity contribution is 0.0609. The molecule has 0 spiro atoms. The lowest BCUT2D eigenvalue weighted by Gasteiger charge is -2.39. The molecule has 0 aliphatic carbocycles. The van der Waals surface area contributed by atoms with Gasteiger partial charge in [0.15, 0.2) is 5.65 Å². The second-order valence-electron chi connectivity index (χ2n) is 8.43. The third-order valence-corrected chi connectivity index (χ3v) is 6.20. The largest absolute Gasteiger partial charge is 0.508 e. The molecule has 4 aromatic rings. The molecular weight excluding hydrogens is 421 g/mol. The summed E-state index contributed by atoms with van der Waals surface area (Å²) in [7, 11) is 0. The number of aromatic nitrogens is 3. The van der Waals surface area contributed by atoms with E-state index in [0.29, 0.717) is 41.1 Å². The summed E-state index contributed by atoms with van der Waals surface area (Å²) in [4.78, 5) is 20.2. The minimum Gasteiger partial charge on any atom is -0.508 e. The number of hydrogen-bond donors (Lipinski definition) is 3. The number of halogens is 1. The molecule has 5 rings (SSSR count). The van der Waals surface area contributed by atoms with E-state index in [0.717, 1.165) is 11.6 Å². The zero-order valence-corrected chi connectivity index (χ0v) is 18.3. The van der Waals surface area contributed by atoms with Crippen molar-refractivity contribution in [1.82, 2.24) is 25.4 Å². The van der Waals surface area contributed by atoms with E-state index in [1.54, 1.807) is 6.07 Å². The number of amides is 1. The average molecular weight is 445 g/mol. The predicted molar refractivity (Wildman–Crippen MR) is 123 cm³/mol. The number of nitrogens with one attached hydrogen (secondary N) is 2. The van der Waals surface area contributed by atoms with Gasteiger partial charge in [0, 0.05) is 36.8 Å². The highest BCUT2D eigenvalue weighted by molar-refractivity contribution is 6.07. The summed E-state index contributed by atoms with van der Waals surface area (Å²) in [5.41, 5.74) is 3.12. The third-order valence-electron chi connectivity index (χ3n) is 6.20.